The number of likely N-dealkylation sites (tertiary alicyclic amines) is 1. The minimum atomic E-state index is -0.492. The van der Waals surface area contributed by atoms with Crippen LogP contribution in [-0.4, -0.2) is 49.0 Å². The van der Waals surface area contributed by atoms with Crippen LogP contribution in [0.2, 0.25) is 0 Å². The Kier molecular flexibility index (Phi) is 3.00. The Morgan fingerprint density at radius 1 is 1.22 bits per heavy atom. The van der Waals surface area contributed by atoms with E-state index >= 15 is 0 Å². The molecular weight excluding hydrogens is 294 g/mol. The monoisotopic (exact) mass is 313 g/mol. The van der Waals surface area contributed by atoms with Crippen molar-refractivity contribution < 1.29 is 19.1 Å². The van der Waals surface area contributed by atoms with Gasteiger partial charge >= 0.3 is 0 Å². The van der Waals surface area contributed by atoms with Crippen molar-refractivity contribution in [2.45, 2.75) is 18.9 Å². The fourth-order valence-corrected chi connectivity index (χ4v) is 4.86. The first-order valence-corrected chi connectivity index (χ1v) is 7.95. The molecule has 4 rings (SSSR count). The number of Topliss-reactive ketones (excluding diaryl/α,β-unsaturated/α-hetero) is 2. The van der Waals surface area contributed by atoms with E-state index < -0.39 is 17.1 Å². The van der Waals surface area contributed by atoms with E-state index in [1.807, 2.05) is 6.08 Å². The molecule has 4 aliphatic rings. The van der Waals surface area contributed by atoms with Crippen LogP contribution in [0.25, 0.3) is 0 Å². The summed E-state index contributed by atoms with van der Waals surface area (Å²) in [7, 11) is 3.56. The van der Waals surface area contributed by atoms with Gasteiger partial charge in [-0.25, -0.2) is 0 Å². The number of nitrogens with zero attached hydrogens (tertiary/aromatic N) is 1. The van der Waals surface area contributed by atoms with Gasteiger partial charge in [0.2, 0.25) is 11.6 Å². The first-order chi connectivity index (χ1) is 11.0. The number of carbonyl (C=O) groups is 3. The average Bonchev–Trinajstić information content (AvgIpc) is 2.53. The molecular formula is C18H19NO4. The molecule has 2 unspecified atom stereocenters. The van der Waals surface area contributed by atoms with Gasteiger partial charge in [-0.2, -0.15) is 0 Å². The van der Waals surface area contributed by atoms with Crippen LogP contribution in [0.1, 0.15) is 12.8 Å². The number of ether oxygens (including phenoxy) is 1. The summed E-state index contributed by atoms with van der Waals surface area (Å²) in [5, 5.41) is 0. The lowest BCUT2D eigenvalue weighted by Gasteiger charge is -2.58. The first kappa shape index (κ1) is 14.6. The average molecular weight is 313 g/mol. The van der Waals surface area contributed by atoms with Gasteiger partial charge in [0.1, 0.15) is 0 Å². The molecule has 2 bridgehead atoms. The Morgan fingerprint density at radius 3 is 2.74 bits per heavy atom. The van der Waals surface area contributed by atoms with Crippen molar-refractivity contribution in [3.05, 3.63) is 35.6 Å². The van der Waals surface area contributed by atoms with Crippen molar-refractivity contribution in [3.63, 3.8) is 0 Å². The van der Waals surface area contributed by atoms with Crippen molar-refractivity contribution in [3.8, 4) is 0 Å². The van der Waals surface area contributed by atoms with Gasteiger partial charge in [0.15, 0.2) is 11.5 Å². The van der Waals surface area contributed by atoms with E-state index in [1.54, 1.807) is 6.08 Å². The van der Waals surface area contributed by atoms with E-state index in [1.165, 1.54) is 13.2 Å². The first-order valence-electron chi connectivity index (χ1n) is 7.95. The molecule has 1 heterocycles. The number of hydrogen-bond donors (Lipinski definition) is 0. The van der Waals surface area contributed by atoms with E-state index in [9.17, 15) is 14.4 Å². The molecule has 0 spiro atoms. The van der Waals surface area contributed by atoms with Crippen LogP contribution >= 0.6 is 0 Å². The molecule has 0 amide bonds. The van der Waals surface area contributed by atoms with Gasteiger partial charge < -0.3 is 4.74 Å². The third-order valence-corrected chi connectivity index (χ3v) is 5.99. The quantitative estimate of drug-likeness (QED) is 0.677. The van der Waals surface area contributed by atoms with Crippen molar-refractivity contribution in [2.75, 3.05) is 20.7 Å². The number of carbonyl (C=O) groups excluding carboxylic acids is 3. The molecule has 120 valence electrons. The van der Waals surface area contributed by atoms with Crippen LogP contribution in [0.5, 0.6) is 0 Å². The standard InChI is InChI=1S/C18H19NO4/c1-19-6-5-18-9-14(21)15(23-2)8-11(18)12(19)7-10-3-4-13(20)17(22)16(10)18/h3-4,7-8,11-12,16H,5-6,9H2,1-2H3/t11?,12-,16?,18+/m0/s1. The van der Waals surface area contributed by atoms with Gasteiger partial charge in [-0.15, -0.1) is 0 Å². The Morgan fingerprint density at radius 2 is 2.00 bits per heavy atom. The van der Waals surface area contributed by atoms with E-state index in [0.717, 1.165) is 18.5 Å². The van der Waals surface area contributed by atoms with Gasteiger partial charge in [0.25, 0.3) is 0 Å². The number of hydrogen-bond acceptors (Lipinski definition) is 5. The highest BCUT2D eigenvalue weighted by atomic mass is 16.5. The van der Waals surface area contributed by atoms with E-state index in [0.29, 0.717) is 5.76 Å². The number of fused-ring (bicyclic) bond motifs is 1. The van der Waals surface area contributed by atoms with Crippen molar-refractivity contribution >= 4 is 17.3 Å². The zero-order valence-corrected chi connectivity index (χ0v) is 13.2. The number of allylic oxidation sites excluding steroid dienone is 4. The molecule has 23 heavy (non-hydrogen) atoms. The molecule has 1 saturated heterocycles. The number of piperidine rings is 1. The van der Waals surface area contributed by atoms with Gasteiger partial charge in [-0.3, -0.25) is 19.3 Å². The second-order valence-electron chi connectivity index (χ2n) is 6.98. The van der Waals surface area contributed by atoms with Gasteiger partial charge in [-0.05, 0) is 37.7 Å². The molecule has 3 aliphatic carbocycles. The van der Waals surface area contributed by atoms with Crippen LogP contribution in [0.4, 0.5) is 0 Å². The minimum absolute atomic E-state index is 0.0194. The highest BCUT2D eigenvalue weighted by Gasteiger charge is 2.60. The van der Waals surface area contributed by atoms with Crippen LogP contribution in [-0.2, 0) is 19.1 Å². The van der Waals surface area contributed by atoms with Crippen LogP contribution in [0.3, 0.4) is 0 Å². The van der Waals surface area contributed by atoms with Crippen LogP contribution < -0.4 is 0 Å². The summed E-state index contributed by atoms with van der Waals surface area (Å²) in [6, 6.07) is 0.124. The summed E-state index contributed by atoms with van der Waals surface area (Å²) in [6.07, 6.45) is 8.11. The highest BCUT2D eigenvalue weighted by Crippen LogP contribution is 2.58. The highest BCUT2D eigenvalue weighted by molar-refractivity contribution is 6.44. The molecule has 0 N–H and O–H groups in total. The number of likely N-dealkylation sites (N-methyl/N-ethyl adjacent to an activating group) is 1. The Balaban J connectivity index is 1.94. The molecule has 0 saturated carbocycles. The number of ketones is 3. The lowest BCUT2D eigenvalue weighted by Crippen LogP contribution is -2.61. The number of rotatable bonds is 1. The predicted molar refractivity (Wildman–Crippen MR) is 82.4 cm³/mol. The fourth-order valence-electron chi connectivity index (χ4n) is 4.86. The Bertz CT molecular complexity index is 717. The van der Waals surface area contributed by atoms with Crippen molar-refractivity contribution in [1.29, 1.82) is 0 Å². The molecule has 1 aliphatic heterocycles. The molecule has 4 atom stereocenters. The lowest BCUT2D eigenvalue weighted by molar-refractivity contribution is -0.144. The molecule has 0 aromatic rings. The van der Waals surface area contributed by atoms with Crippen molar-refractivity contribution in [1.82, 2.24) is 4.90 Å². The Hall–Kier alpha value is -2.01. The molecule has 5 heteroatoms. The largest absolute Gasteiger partial charge is 0.493 e. The third-order valence-electron chi connectivity index (χ3n) is 5.99. The van der Waals surface area contributed by atoms with Crippen LogP contribution in [0.15, 0.2) is 35.6 Å². The normalized spacial score (nSPS) is 39.4. The SMILES string of the molecule is COC1=CC2[C@@H]3C=C4C=CC(=O)C(=O)C4[C@]2(CCN3C)CC1=O. The molecule has 0 aromatic heterocycles. The summed E-state index contributed by atoms with van der Waals surface area (Å²) in [5.41, 5.74) is 0.405. The molecule has 0 aromatic carbocycles. The van der Waals surface area contributed by atoms with E-state index in [4.69, 9.17) is 4.74 Å². The fraction of sp³-hybridized carbons (Fsp3) is 0.500. The zero-order chi connectivity index (χ0) is 16.4. The third kappa shape index (κ3) is 1.80. The number of methoxy groups -OCH3 is 1. The maximum Gasteiger partial charge on any atom is 0.222 e. The van der Waals surface area contributed by atoms with E-state index in [-0.39, 0.29) is 29.9 Å². The van der Waals surface area contributed by atoms with Gasteiger partial charge in [-0.1, -0.05) is 12.2 Å². The summed E-state index contributed by atoms with van der Waals surface area (Å²) in [4.78, 5) is 39.3. The Labute approximate surface area is 134 Å². The van der Waals surface area contributed by atoms with E-state index in [2.05, 4.69) is 18.0 Å². The summed E-state index contributed by atoms with van der Waals surface area (Å²) < 4.78 is 5.24. The van der Waals surface area contributed by atoms with Gasteiger partial charge in [0.05, 0.1) is 13.0 Å². The van der Waals surface area contributed by atoms with Gasteiger partial charge in [0, 0.05) is 23.8 Å². The lowest BCUT2D eigenvalue weighted by atomic mass is 9.49. The maximum atomic E-state index is 12.6. The second kappa shape index (κ2) is 4.74. The minimum Gasteiger partial charge on any atom is -0.493 e. The maximum absolute atomic E-state index is 12.6. The van der Waals surface area contributed by atoms with Crippen molar-refractivity contribution in [2.24, 2.45) is 17.3 Å². The predicted octanol–water partition coefficient (Wildman–Crippen LogP) is 1.06. The smallest absolute Gasteiger partial charge is 0.222 e. The molecule has 1 fully saturated rings. The summed E-state index contributed by atoms with van der Waals surface area (Å²) in [5.74, 6) is -0.976. The summed E-state index contributed by atoms with van der Waals surface area (Å²) >= 11 is 0. The zero-order valence-electron chi connectivity index (χ0n) is 13.2. The summed E-state index contributed by atoms with van der Waals surface area (Å²) in [6.45, 7) is 0.816. The molecule has 0 radical (unpaired) electrons. The second-order valence-corrected chi connectivity index (χ2v) is 6.98. The topological polar surface area (TPSA) is 63.7 Å². The molecule has 5 nitrogen and oxygen atoms in total. The van der Waals surface area contributed by atoms with Crippen LogP contribution in [0, 0.1) is 17.3 Å².